The van der Waals surface area contributed by atoms with Crippen molar-refractivity contribution >= 4 is 37.4 Å². The van der Waals surface area contributed by atoms with Crippen molar-refractivity contribution in [1.82, 2.24) is 0 Å². The molecule has 0 unspecified atom stereocenters. The summed E-state index contributed by atoms with van der Waals surface area (Å²) in [5.41, 5.74) is 3.22. The maximum Gasteiger partial charge on any atom is 0.255 e. The van der Waals surface area contributed by atoms with Crippen LogP contribution in [0.4, 0.5) is 5.69 Å². The van der Waals surface area contributed by atoms with Crippen molar-refractivity contribution in [2.24, 2.45) is 0 Å². The summed E-state index contributed by atoms with van der Waals surface area (Å²) in [5.74, 6) is 0.169. The Morgan fingerprint density at radius 2 is 1.54 bits per heavy atom. The molecule has 4 nitrogen and oxygen atoms in total. The molecule has 26 heavy (non-hydrogen) atoms. The highest BCUT2D eigenvalue weighted by Crippen LogP contribution is 2.33. The zero-order chi connectivity index (χ0) is 19.6. The molecule has 0 radical (unpaired) electrons. The molecule has 2 aromatic rings. The molecule has 1 amide bonds. The summed E-state index contributed by atoms with van der Waals surface area (Å²) in [5, 5.41) is 3.01. The molecule has 0 aromatic heterocycles. The number of sulfone groups is 1. The molecule has 1 N–H and O–H groups in total. The smallest absolute Gasteiger partial charge is 0.255 e. The lowest BCUT2D eigenvalue weighted by atomic mass is 9.92. The van der Waals surface area contributed by atoms with Gasteiger partial charge >= 0.3 is 0 Å². The number of anilines is 1. The highest BCUT2D eigenvalue weighted by molar-refractivity contribution is 9.10. The van der Waals surface area contributed by atoms with Crippen LogP contribution in [0.15, 0.2) is 45.8 Å². The molecule has 6 heteroatoms. The summed E-state index contributed by atoms with van der Waals surface area (Å²) in [6, 6.07) is 10.5. The van der Waals surface area contributed by atoms with E-state index in [1.807, 2.05) is 18.2 Å². The van der Waals surface area contributed by atoms with Crippen molar-refractivity contribution in [2.45, 2.75) is 44.4 Å². The van der Waals surface area contributed by atoms with Gasteiger partial charge in [0.1, 0.15) is 0 Å². The van der Waals surface area contributed by atoms with E-state index in [0.29, 0.717) is 10.0 Å². The third kappa shape index (κ3) is 4.74. The molecule has 140 valence electrons. The van der Waals surface area contributed by atoms with E-state index in [-0.39, 0.29) is 22.6 Å². The fourth-order valence-corrected chi connectivity index (χ4v) is 4.12. The Morgan fingerprint density at radius 3 is 2.00 bits per heavy atom. The van der Waals surface area contributed by atoms with Crippen LogP contribution >= 0.6 is 15.9 Å². The van der Waals surface area contributed by atoms with Crippen LogP contribution < -0.4 is 5.32 Å². The van der Waals surface area contributed by atoms with E-state index >= 15 is 0 Å². The third-order valence-electron chi connectivity index (χ3n) is 4.17. The highest BCUT2D eigenvalue weighted by atomic mass is 79.9. The van der Waals surface area contributed by atoms with Gasteiger partial charge in [-0.05, 0) is 41.2 Å². The van der Waals surface area contributed by atoms with Crippen molar-refractivity contribution in [3.05, 3.63) is 57.6 Å². The number of para-hydroxylation sites is 1. The van der Waals surface area contributed by atoms with Crippen molar-refractivity contribution in [2.75, 3.05) is 11.6 Å². The number of nitrogens with one attached hydrogen (secondary N) is 1. The number of halogens is 1. The Bertz CT molecular complexity index is 908. The van der Waals surface area contributed by atoms with Crippen LogP contribution in [0.3, 0.4) is 0 Å². The zero-order valence-corrected chi connectivity index (χ0v) is 18.0. The molecule has 0 aliphatic rings. The maximum atomic E-state index is 12.9. The molecule has 0 bridgehead atoms. The van der Waals surface area contributed by atoms with E-state index in [0.717, 1.165) is 23.1 Å². The SMILES string of the molecule is CC(C)c1cccc(C(C)C)c1NC(=O)c1cc(Br)cc(S(C)(=O)=O)c1. The van der Waals surface area contributed by atoms with Gasteiger partial charge in [-0.15, -0.1) is 0 Å². The lowest BCUT2D eigenvalue weighted by Gasteiger charge is -2.20. The second-order valence-corrected chi connectivity index (χ2v) is 9.95. The molecule has 0 aliphatic heterocycles. The molecular weight excluding hydrogens is 414 g/mol. The zero-order valence-electron chi connectivity index (χ0n) is 15.6. The van der Waals surface area contributed by atoms with Gasteiger partial charge in [0.25, 0.3) is 5.91 Å². The fourth-order valence-electron chi connectivity index (χ4n) is 2.79. The van der Waals surface area contributed by atoms with Crippen LogP contribution in [-0.4, -0.2) is 20.6 Å². The van der Waals surface area contributed by atoms with Gasteiger partial charge in [-0.2, -0.15) is 0 Å². The van der Waals surface area contributed by atoms with E-state index in [2.05, 4.69) is 48.9 Å². The summed E-state index contributed by atoms with van der Waals surface area (Å²) < 4.78 is 24.3. The van der Waals surface area contributed by atoms with Crippen LogP contribution in [0.2, 0.25) is 0 Å². The van der Waals surface area contributed by atoms with Crippen molar-refractivity contribution < 1.29 is 13.2 Å². The van der Waals surface area contributed by atoms with Crippen molar-refractivity contribution in [3.63, 3.8) is 0 Å². The Balaban J connectivity index is 2.50. The van der Waals surface area contributed by atoms with E-state index in [1.165, 1.54) is 12.1 Å². The minimum absolute atomic E-state index is 0.109. The third-order valence-corrected chi connectivity index (χ3v) is 5.72. The van der Waals surface area contributed by atoms with E-state index < -0.39 is 9.84 Å². The van der Waals surface area contributed by atoms with Crippen LogP contribution in [0.25, 0.3) is 0 Å². The van der Waals surface area contributed by atoms with E-state index in [4.69, 9.17) is 0 Å². The molecule has 0 aliphatic carbocycles. The first-order valence-electron chi connectivity index (χ1n) is 8.45. The van der Waals surface area contributed by atoms with Gasteiger partial charge in [0.2, 0.25) is 0 Å². The number of hydrogen-bond donors (Lipinski definition) is 1. The quantitative estimate of drug-likeness (QED) is 0.685. The Labute approximate surface area is 164 Å². The van der Waals surface area contributed by atoms with Crippen LogP contribution in [0.1, 0.15) is 61.0 Å². The van der Waals surface area contributed by atoms with Crippen LogP contribution in [0.5, 0.6) is 0 Å². The van der Waals surface area contributed by atoms with Crippen molar-refractivity contribution in [3.8, 4) is 0 Å². The predicted octanol–water partition coefficient (Wildman–Crippen LogP) is 5.35. The minimum atomic E-state index is -3.41. The van der Waals surface area contributed by atoms with Gasteiger partial charge in [0.05, 0.1) is 4.90 Å². The number of carbonyl (C=O) groups excluding carboxylic acids is 1. The number of rotatable bonds is 5. The van der Waals surface area contributed by atoms with Gasteiger partial charge in [-0.25, -0.2) is 8.42 Å². The Morgan fingerprint density at radius 1 is 1.00 bits per heavy atom. The van der Waals surface area contributed by atoms with Gasteiger partial charge in [-0.3, -0.25) is 4.79 Å². The molecule has 0 heterocycles. The van der Waals surface area contributed by atoms with Crippen molar-refractivity contribution in [1.29, 1.82) is 0 Å². The summed E-state index contributed by atoms with van der Waals surface area (Å²) in [7, 11) is -3.41. The topological polar surface area (TPSA) is 63.2 Å². The molecule has 2 aromatic carbocycles. The Hall–Kier alpha value is -1.66. The van der Waals surface area contributed by atoms with E-state index in [9.17, 15) is 13.2 Å². The predicted molar refractivity (Wildman–Crippen MR) is 110 cm³/mol. The fraction of sp³-hybridized carbons (Fsp3) is 0.350. The summed E-state index contributed by atoms with van der Waals surface area (Å²) in [6.45, 7) is 8.32. The standard InChI is InChI=1S/C20H24BrNO3S/c1-12(2)17-7-6-8-18(13(3)4)19(17)22-20(23)14-9-15(21)11-16(10-14)26(5,24)25/h6-13H,1-5H3,(H,22,23). The van der Waals surface area contributed by atoms with Gasteiger partial charge in [-0.1, -0.05) is 61.8 Å². The Kier molecular flexibility index (Phi) is 6.29. The largest absolute Gasteiger partial charge is 0.321 e. The molecule has 0 fully saturated rings. The first kappa shape index (κ1) is 20.6. The average Bonchev–Trinajstić information content (AvgIpc) is 2.53. The van der Waals surface area contributed by atoms with Crippen LogP contribution in [0, 0.1) is 0 Å². The number of benzene rings is 2. The second kappa shape index (κ2) is 7.92. The molecule has 0 spiro atoms. The van der Waals surface area contributed by atoms with Crippen LogP contribution in [-0.2, 0) is 9.84 Å². The molecule has 0 atom stereocenters. The van der Waals surface area contributed by atoms with Gasteiger partial charge in [0, 0.05) is 22.0 Å². The monoisotopic (exact) mass is 437 g/mol. The second-order valence-electron chi connectivity index (χ2n) is 7.02. The number of carbonyl (C=O) groups is 1. The summed E-state index contributed by atoms with van der Waals surface area (Å²) in [6.07, 6.45) is 1.13. The minimum Gasteiger partial charge on any atom is -0.321 e. The first-order valence-corrected chi connectivity index (χ1v) is 11.1. The molecule has 0 saturated carbocycles. The molecular formula is C20H24BrNO3S. The maximum absolute atomic E-state index is 12.9. The lowest BCUT2D eigenvalue weighted by Crippen LogP contribution is -2.16. The summed E-state index contributed by atoms with van der Waals surface area (Å²) >= 11 is 3.29. The normalized spacial score (nSPS) is 11.8. The lowest BCUT2D eigenvalue weighted by molar-refractivity contribution is 0.102. The number of amides is 1. The highest BCUT2D eigenvalue weighted by Gasteiger charge is 2.18. The summed E-state index contributed by atoms with van der Waals surface area (Å²) in [4.78, 5) is 13.0. The van der Waals surface area contributed by atoms with Gasteiger partial charge in [0.15, 0.2) is 9.84 Å². The first-order chi connectivity index (χ1) is 12.0. The molecule has 2 rings (SSSR count). The van der Waals surface area contributed by atoms with Gasteiger partial charge < -0.3 is 5.32 Å². The average molecular weight is 438 g/mol. The number of hydrogen-bond acceptors (Lipinski definition) is 3. The molecule has 0 saturated heterocycles. The van der Waals surface area contributed by atoms with E-state index in [1.54, 1.807) is 6.07 Å².